The minimum Gasteiger partial charge on any atom is -0.347 e. The molecule has 0 atom stereocenters. The van der Waals surface area contributed by atoms with Crippen LogP contribution in [-0.4, -0.2) is 63.5 Å². The van der Waals surface area contributed by atoms with Crippen molar-refractivity contribution in [3.05, 3.63) is 29.3 Å². The Balaban J connectivity index is 1.60. The summed E-state index contributed by atoms with van der Waals surface area (Å²) in [5.74, 6) is 1.02. The van der Waals surface area contributed by atoms with Crippen molar-refractivity contribution in [1.29, 1.82) is 0 Å². The van der Waals surface area contributed by atoms with Crippen molar-refractivity contribution in [1.82, 2.24) is 24.6 Å². The summed E-state index contributed by atoms with van der Waals surface area (Å²) < 4.78 is 4.77. The summed E-state index contributed by atoms with van der Waals surface area (Å²) >= 11 is 5.69. The quantitative estimate of drug-likeness (QED) is 0.534. The van der Waals surface area contributed by atoms with Gasteiger partial charge < -0.3 is 19.7 Å². The number of hydrogen-bond acceptors (Lipinski definition) is 4. The van der Waals surface area contributed by atoms with Crippen LogP contribution in [-0.2, 0) is 18.0 Å². The zero-order valence-electron chi connectivity index (χ0n) is 17.9. The van der Waals surface area contributed by atoms with Gasteiger partial charge in [-0.15, -0.1) is 5.10 Å². The second-order valence-corrected chi connectivity index (χ2v) is 9.08. The molecule has 0 spiro atoms. The highest BCUT2D eigenvalue weighted by molar-refractivity contribution is 7.71. The molecule has 158 valence electrons. The number of nitrogens with one attached hydrogen (secondary N) is 3. The van der Waals surface area contributed by atoms with E-state index in [1.54, 1.807) is 12.4 Å². The number of pyridine rings is 1. The SMILES string of the molecule is CCn1c(-c2ccncc2)nn(C[NH+]2CC[NH+](CC(=O)NC(C)(C)C)CC2)c1=S. The fourth-order valence-corrected chi connectivity index (χ4v) is 4.06. The third-order valence-corrected chi connectivity index (χ3v) is 5.57. The molecule has 0 radical (unpaired) electrons. The first kappa shape index (κ1) is 21.6. The standard InChI is InChI=1S/C20H31N7OS/c1-5-26-18(16-6-8-21-9-7-16)23-27(19(26)29)15-25-12-10-24(11-13-25)14-17(28)22-20(2,3)4/h6-9H,5,10-15H2,1-4H3,(H,22,28)/p+2. The molecule has 0 aromatic carbocycles. The normalized spacial score (nSPS) is 19.9. The van der Waals surface area contributed by atoms with Gasteiger partial charge in [-0.3, -0.25) is 9.78 Å². The van der Waals surface area contributed by atoms with Gasteiger partial charge in [0.1, 0.15) is 26.2 Å². The van der Waals surface area contributed by atoms with E-state index in [0.29, 0.717) is 6.54 Å². The van der Waals surface area contributed by atoms with Gasteiger partial charge in [-0.1, -0.05) is 0 Å². The number of rotatable bonds is 6. The monoisotopic (exact) mass is 419 g/mol. The lowest BCUT2D eigenvalue weighted by atomic mass is 10.1. The number of carbonyl (C=O) groups is 1. The molecule has 0 bridgehead atoms. The number of piperazine rings is 1. The third kappa shape index (κ3) is 5.71. The topological polar surface area (TPSA) is 73.6 Å². The molecule has 0 aliphatic carbocycles. The van der Waals surface area contributed by atoms with Crippen LogP contribution in [0.1, 0.15) is 27.7 Å². The molecule has 3 rings (SSSR count). The first-order chi connectivity index (χ1) is 13.8. The Bertz CT molecular complexity index is 876. The fraction of sp³-hybridized carbons (Fsp3) is 0.600. The Morgan fingerprint density at radius 2 is 1.79 bits per heavy atom. The van der Waals surface area contributed by atoms with E-state index < -0.39 is 0 Å². The number of hydrogen-bond donors (Lipinski definition) is 3. The predicted octanol–water partition coefficient (Wildman–Crippen LogP) is -0.848. The first-order valence-electron chi connectivity index (χ1n) is 10.3. The Kier molecular flexibility index (Phi) is 6.81. The summed E-state index contributed by atoms with van der Waals surface area (Å²) in [6, 6.07) is 3.93. The van der Waals surface area contributed by atoms with Crippen LogP contribution in [0.5, 0.6) is 0 Å². The van der Waals surface area contributed by atoms with Crippen LogP contribution in [0.25, 0.3) is 11.4 Å². The zero-order valence-corrected chi connectivity index (χ0v) is 18.7. The van der Waals surface area contributed by atoms with Gasteiger partial charge in [0.15, 0.2) is 19.0 Å². The first-order valence-corrected chi connectivity index (χ1v) is 10.7. The van der Waals surface area contributed by atoms with Crippen LogP contribution in [0.15, 0.2) is 24.5 Å². The largest absolute Gasteiger partial charge is 0.347 e. The molecule has 0 saturated carbocycles. The van der Waals surface area contributed by atoms with Gasteiger partial charge in [0.2, 0.25) is 4.77 Å². The van der Waals surface area contributed by atoms with E-state index in [-0.39, 0.29) is 11.4 Å². The van der Waals surface area contributed by atoms with Crippen molar-refractivity contribution in [2.75, 3.05) is 32.7 Å². The van der Waals surface area contributed by atoms with Gasteiger partial charge >= 0.3 is 0 Å². The van der Waals surface area contributed by atoms with Crippen molar-refractivity contribution < 1.29 is 14.6 Å². The Morgan fingerprint density at radius 3 is 2.38 bits per heavy atom. The fourth-order valence-electron chi connectivity index (χ4n) is 3.74. The molecule has 8 nitrogen and oxygen atoms in total. The van der Waals surface area contributed by atoms with E-state index >= 15 is 0 Å². The summed E-state index contributed by atoms with van der Waals surface area (Å²) in [6.07, 6.45) is 3.56. The number of nitrogens with zero attached hydrogens (tertiary/aromatic N) is 4. The maximum absolute atomic E-state index is 12.2. The smallest absolute Gasteiger partial charge is 0.275 e. The van der Waals surface area contributed by atoms with Crippen molar-refractivity contribution in [2.45, 2.75) is 46.4 Å². The van der Waals surface area contributed by atoms with Gasteiger partial charge in [-0.2, -0.15) is 4.68 Å². The highest BCUT2D eigenvalue weighted by Gasteiger charge is 2.27. The lowest BCUT2D eigenvalue weighted by molar-refractivity contribution is -1.02. The molecular formula is C20H33N7OS+2. The van der Waals surface area contributed by atoms with Gasteiger partial charge in [-0.25, -0.2) is 0 Å². The van der Waals surface area contributed by atoms with Crippen molar-refractivity contribution in [3.63, 3.8) is 0 Å². The number of quaternary nitrogens is 2. The molecule has 1 aliphatic rings. The van der Waals surface area contributed by atoms with Crippen molar-refractivity contribution in [2.24, 2.45) is 0 Å². The minimum absolute atomic E-state index is 0.127. The third-order valence-electron chi connectivity index (χ3n) is 5.14. The van der Waals surface area contributed by atoms with E-state index in [4.69, 9.17) is 17.3 Å². The summed E-state index contributed by atoms with van der Waals surface area (Å²) in [5, 5.41) is 7.86. The molecule has 3 heterocycles. The van der Waals surface area contributed by atoms with E-state index in [0.717, 1.165) is 55.6 Å². The Hall–Kier alpha value is -2.10. The van der Waals surface area contributed by atoms with Crippen LogP contribution >= 0.6 is 12.2 Å². The molecule has 1 aliphatic heterocycles. The molecule has 9 heteroatoms. The second kappa shape index (κ2) is 9.15. The summed E-state index contributed by atoms with van der Waals surface area (Å²) in [4.78, 5) is 19.1. The molecule has 1 fully saturated rings. The van der Waals surface area contributed by atoms with Crippen LogP contribution in [0.3, 0.4) is 0 Å². The number of carbonyl (C=O) groups excluding carboxylic acids is 1. The molecule has 29 heavy (non-hydrogen) atoms. The molecule has 1 amide bonds. The van der Waals surface area contributed by atoms with Crippen molar-refractivity contribution in [3.8, 4) is 11.4 Å². The van der Waals surface area contributed by atoms with Gasteiger partial charge in [0.25, 0.3) is 5.91 Å². The van der Waals surface area contributed by atoms with Crippen LogP contribution in [0.2, 0.25) is 0 Å². The molecule has 1 saturated heterocycles. The maximum atomic E-state index is 12.2. The van der Waals surface area contributed by atoms with Crippen LogP contribution < -0.4 is 15.1 Å². The van der Waals surface area contributed by atoms with E-state index in [1.807, 2.05) is 37.6 Å². The Morgan fingerprint density at radius 1 is 1.17 bits per heavy atom. The van der Waals surface area contributed by atoms with Crippen LogP contribution in [0, 0.1) is 4.77 Å². The molecule has 2 aromatic rings. The molecular weight excluding hydrogens is 386 g/mol. The molecule has 3 N–H and O–H groups in total. The van der Waals surface area contributed by atoms with E-state index in [9.17, 15) is 4.79 Å². The lowest BCUT2D eigenvalue weighted by Gasteiger charge is -2.30. The summed E-state index contributed by atoms with van der Waals surface area (Å²) in [7, 11) is 0. The highest BCUT2D eigenvalue weighted by Crippen LogP contribution is 2.16. The number of amides is 1. The van der Waals surface area contributed by atoms with Gasteiger partial charge in [0, 0.05) is 30.0 Å². The van der Waals surface area contributed by atoms with Crippen LogP contribution in [0.4, 0.5) is 0 Å². The average molecular weight is 420 g/mol. The van der Waals surface area contributed by atoms with E-state index in [1.165, 1.54) is 9.80 Å². The minimum atomic E-state index is -0.176. The van der Waals surface area contributed by atoms with Crippen molar-refractivity contribution >= 4 is 18.1 Å². The summed E-state index contributed by atoms with van der Waals surface area (Å²) in [6.45, 7) is 14.2. The van der Waals surface area contributed by atoms with Gasteiger partial charge in [0.05, 0.1) is 0 Å². The maximum Gasteiger partial charge on any atom is 0.275 e. The van der Waals surface area contributed by atoms with Gasteiger partial charge in [-0.05, 0) is 52.0 Å². The average Bonchev–Trinajstić information content (AvgIpc) is 2.98. The summed E-state index contributed by atoms with van der Waals surface area (Å²) in [5.41, 5.74) is 0.853. The van der Waals surface area contributed by atoms with E-state index in [2.05, 4.69) is 21.8 Å². The predicted molar refractivity (Wildman–Crippen MR) is 114 cm³/mol. The molecule has 0 unspecified atom stereocenters. The second-order valence-electron chi connectivity index (χ2n) is 8.72. The Labute approximate surface area is 177 Å². The highest BCUT2D eigenvalue weighted by atomic mass is 32.1. The molecule has 2 aromatic heterocycles. The zero-order chi connectivity index (χ0) is 21.0. The number of aromatic nitrogens is 4. The lowest BCUT2D eigenvalue weighted by Crippen LogP contribution is -3.28.